The van der Waals surface area contributed by atoms with Crippen LogP contribution in [0.5, 0.6) is 0 Å². The van der Waals surface area contributed by atoms with E-state index in [0.717, 1.165) is 0 Å². The number of allylic oxidation sites excluding steroid dienone is 2. The molecule has 0 bridgehead atoms. The first-order valence-electron chi connectivity index (χ1n) is 4.58. The monoisotopic (exact) mass is 402 g/mol. The van der Waals surface area contributed by atoms with E-state index in [1.807, 2.05) is 0 Å². The van der Waals surface area contributed by atoms with E-state index in [1.54, 1.807) is 5.31 Å². The predicted molar refractivity (Wildman–Crippen MR) is 56.7 cm³/mol. The molecule has 0 unspecified atom stereocenters. The summed E-state index contributed by atoms with van der Waals surface area (Å²) in [5, 5.41) is 1.71. The molecule has 0 spiro atoms. The van der Waals surface area contributed by atoms with Crippen molar-refractivity contribution in [3.63, 3.8) is 0 Å². The van der Waals surface area contributed by atoms with E-state index < -0.39 is 0 Å². The normalized spacial score (nSPS) is 8.69. The minimum atomic E-state index is 0. The molecule has 0 saturated heterocycles. The summed E-state index contributed by atoms with van der Waals surface area (Å²) in [5.74, 6) is 0. The van der Waals surface area contributed by atoms with Crippen molar-refractivity contribution in [3.05, 3.63) is 11.4 Å². The van der Waals surface area contributed by atoms with Crippen LogP contribution in [-0.2, 0) is 26.2 Å². The van der Waals surface area contributed by atoms with Crippen LogP contribution in [0.2, 0.25) is 0 Å². The van der Waals surface area contributed by atoms with Gasteiger partial charge in [0.2, 0.25) is 0 Å². The van der Waals surface area contributed by atoms with Crippen molar-refractivity contribution in [2.45, 2.75) is 39.5 Å². The van der Waals surface area contributed by atoms with Gasteiger partial charge in [-0.25, -0.2) is 0 Å². The Morgan fingerprint density at radius 2 is 1.38 bits per heavy atom. The van der Waals surface area contributed by atoms with Gasteiger partial charge in [-0.3, -0.25) is 0 Å². The maximum atomic E-state index is 2.45. The Labute approximate surface area is 147 Å². The maximum Gasteiger partial charge on any atom is 4.00 e. The predicted octanol–water partition coefficient (Wildman–Crippen LogP) is -7.77. The summed E-state index contributed by atoms with van der Waals surface area (Å²) in [6.07, 6.45) is 7.64. The van der Waals surface area contributed by atoms with E-state index >= 15 is 0 Å². The maximum absolute atomic E-state index is 2.45. The van der Waals surface area contributed by atoms with Gasteiger partial charge in [-0.2, -0.15) is 0 Å². The zero-order valence-electron chi connectivity index (χ0n) is 10.4. The second-order valence-corrected chi connectivity index (χ2v) is 5.49. The molecule has 16 heavy (non-hydrogen) atoms. The molecule has 0 aliphatic rings. The molecule has 0 rings (SSSR count). The minimum absolute atomic E-state index is 0. The van der Waals surface area contributed by atoms with Gasteiger partial charge in [-0.1, -0.05) is 46.0 Å². The van der Waals surface area contributed by atoms with E-state index in [9.17, 15) is 0 Å². The molecule has 0 N–H and O–H groups in total. The summed E-state index contributed by atoms with van der Waals surface area (Å²) >= 11 is 0. The zero-order chi connectivity index (χ0) is 8.69. The van der Waals surface area contributed by atoms with Crippen molar-refractivity contribution in [2.24, 2.45) is 0 Å². The molecule has 0 heterocycles. The van der Waals surface area contributed by atoms with Crippen molar-refractivity contribution >= 4 is 7.92 Å². The Hall–Kier alpha value is 2.21. The fourth-order valence-corrected chi connectivity index (χ4v) is 2.24. The van der Waals surface area contributed by atoms with Crippen molar-refractivity contribution in [1.82, 2.24) is 0 Å². The van der Waals surface area contributed by atoms with Gasteiger partial charge < -0.3 is 49.6 Å². The van der Waals surface area contributed by atoms with Gasteiger partial charge >= 0.3 is 26.2 Å². The molecular formula is C10H21Cl4PZr. The van der Waals surface area contributed by atoms with E-state index in [2.05, 4.69) is 33.3 Å². The van der Waals surface area contributed by atoms with Crippen LogP contribution in [0.15, 0.2) is 11.4 Å². The minimum Gasteiger partial charge on any atom is -1.00 e. The summed E-state index contributed by atoms with van der Waals surface area (Å²) in [4.78, 5) is 0. The molecule has 6 heteroatoms. The molecule has 0 saturated carbocycles. The molecule has 98 valence electrons. The smallest absolute Gasteiger partial charge is 1.00 e. The third-order valence-electron chi connectivity index (χ3n) is 1.75. The van der Waals surface area contributed by atoms with E-state index in [-0.39, 0.29) is 83.8 Å². The number of halogens is 4. The summed E-state index contributed by atoms with van der Waals surface area (Å²) in [7, 11) is 0.180. The molecule has 0 atom stereocenters. The van der Waals surface area contributed by atoms with Crippen LogP contribution in [0.4, 0.5) is 0 Å². The summed E-state index contributed by atoms with van der Waals surface area (Å²) in [5.41, 5.74) is 0. The van der Waals surface area contributed by atoms with Gasteiger partial charge in [0.15, 0.2) is 0 Å². The topological polar surface area (TPSA) is 0 Å². The first-order valence-corrected chi connectivity index (χ1v) is 6.82. The zero-order valence-corrected chi connectivity index (χ0v) is 16.7. The fraction of sp³-hybridized carbons (Fsp3) is 0.800. The molecule has 0 radical (unpaired) electrons. The molecule has 0 aliphatic carbocycles. The van der Waals surface area contributed by atoms with Gasteiger partial charge in [-0.05, 0) is 26.2 Å². The van der Waals surface area contributed by atoms with Crippen molar-refractivity contribution in [3.8, 4) is 0 Å². The van der Waals surface area contributed by atoms with Gasteiger partial charge in [-0.15, -0.1) is 0 Å². The Morgan fingerprint density at radius 3 is 1.62 bits per heavy atom. The van der Waals surface area contributed by atoms with Crippen LogP contribution < -0.4 is 49.6 Å². The molecular weight excluding hydrogens is 384 g/mol. The largest absolute Gasteiger partial charge is 4.00 e. The van der Waals surface area contributed by atoms with Crippen molar-refractivity contribution < 1.29 is 75.8 Å². The Kier molecular flexibility index (Phi) is 58.6. The average Bonchev–Trinajstić information content (AvgIpc) is 1.97. The Balaban J connectivity index is -0.0000000500. The van der Waals surface area contributed by atoms with Crippen LogP contribution in [0, 0.1) is 0 Å². The van der Waals surface area contributed by atoms with E-state index in [0.29, 0.717) is 0 Å². The molecule has 0 fully saturated rings. The third kappa shape index (κ3) is 21.5. The Morgan fingerprint density at radius 1 is 0.938 bits per heavy atom. The first-order chi connectivity index (χ1) is 5.22. The van der Waals surface area contributed by atoms with Crippen LogP contribution >= 0.6 is 7.92 Å². The van der Waals surface area contributed by atoms with E-state index in [4.69, 9.17) is 0 Å². The quantitative estimate of drug-likeness (QED) is 0.399. The van der Waals surface area contributed by atoms with Gasteiger partial charge in [0, 0.05) is 0 Å². The third-order valence-corrected chi connectivity index (χ3v) is 3.30. The summed E-state index contributed by atoms with van der Waals surface area (Å²) in [6, 6.07) is 0. The molecule has 0 nitrogen and oxygen atoms in total. The standard InChI is InChI=1S/C10H21P.4ClH.Zr/c1-5-7-9-10(8-6-2)11(3)4;;;;;/h9H,5-8H2,1-4H3;4*1H;/q;;;;;+4/p-4. The number of hydrogen-bond donors (Lipinski definition) is 0. The van der Waals surface area contributed by atoms with Crippen molar-refractivity contribution in [2.75, 3.05) is 13.3 Å². The van der Waals surface area contributed by atoms with Gasteiger partial charge in [0.05, 0.1) is 0 Å². The fourth-order valence-electron chi connectivity index (χ4n) is 1.08. The van der Waals surface area contributed by atoms with Crippen LogP contribution in [-0.4, -0.2) is 13.3 Å². The van der Waals surface area contributed by atoms with Crippen molar-refractivity contribution in [1.29, 1.82) is 0 Å². The molecule has 0 aromatic carbocycles. The second-order valence-electron chi connectivity index (χ2n) is 3.13. The van der Waals surface area contributed by atoms with E-state index in [1.165, 1.54) is 25.7 Å². The molecule has 0 aromatic rings. The average molecular weight is 405 g/mol. The summed E-state index contributed by atoms with van der Waals surface area (Å²) < 4.78 is 0. The van der Waals surface area contributed by atoms with Crippen LogP contribution in [0.25, 0.3) is 0 Å². The first kappa shape index (κ1) is 36.2. The van der Waals surface area contributed by atoms with Crippen LogP contribution in [0.1, 0.15) is 39.5 Å². The number of hydrogen-bond acceptors (Lipinski definition) is 0. The van der Waals surface area contributed by atoms with Gasteiger partial charge in [0.25, 0.3) is 0 Å². The SMILES string of the molecule is CCCC=C(CCC)P(C)C.[Cl-].[Cl-].[Cl-].[Cl-].[Zr+4]. The Bertz CT molecular complexity index is 132. The number of unbranched alkanes of at least 4 members (excludes halogenated alkanes) is 1. The number of rotatable bonds is 5. The molecule has 0 amide bonds. The summed E-state index contributed by atoms with van der Waals surface area (Å²) in [6.45, 7) is 9.21. The van der Waals surface area contributed by atoms with Crippen LogP contribution in [0.3, 0.4) is 0 Å². The second kappa shape index (κ2) is 25.9. The van der Waals surface area contributed by atoms with Gasteiger partial charge in [0.1, 0.15) is 0 Å². The molecule has 0 aromatic heterocycles. The molecule has 0 aliphatic heterocycles.